The molecular formula is C33H39N7O4. The van der Waals surface area contributed by atoms with Gasteiger partial charge in [0.2, 0.25) is 0 Å². The fraction of sp³-hybridized carbons (Fsp3) is 0.515. The van der Waals surface area contributed by atoms with Crippen molar-refractivity contribution in [1.29, 1.82) is 5.26 Å². The topological polar surface area (TPSA) is 122 Å². The van der Waals surface area contributed by atoms with E-state index in [0.717, 1.165) is 49.4 Å². The van der Waals surface area contributed by atoms with Gasteiger partial charge in [0.1, 0.15) is 12.4 Å². The van der Waals surface area contributed by atoms with Crippen LogP contribution >= 0.6 is 0 Å². The third-order valence-electron chi connectivity index (χ3n) is 9.63. The Hall–Kier alpha value is -3.98. The highest BCUT2D eigenvalue weighted by atomic mass is 16.7. The zero-order valence-electron chi connectivity index (χ0n) is 25.4. The van der Waals surface area contributed by atoms with Gasteiger partial charge in [-0.25, -0.2) is 0 Å². The molecule has 4 aliphatic rings. The van der Waals surface area contributed by atoms with Crippen molar-refractivity contribution in [1.82, 2.24) is 19.8 Å². The zero-order valence-corrected chi connectivity index (χ0v) is 25.4. The van der Waals surface area contributed by atoms with Crippen LogP contribution in [-0.2, 0) is 22.5 Å². The number of carbonyl (C=O) groups is 1. The lowest BCUT2D eigenvalue weighted by molar-refractivity contribution is -0.135. The highest BCUT2D eigenvalue weighted by Gasteiger charge is 2.48. The number of fused-ring (bicyclic) bond motifs is 2. The molecule has 1 aromatic heterocycles. The number of aryl methyl sites for hydroxylation is 1. The average molecular weight is 598 g/mol. The molecule has 3 aromatic rings. The average Bonchev–Trinajstić information content (AvgIpc) is 3.63. The van der Waals surface area contributed by atoms with E-state index in [2.05, 4.69) is 71.1 Å². The van der Waals surface area contributed by atoms with Gasteiger partial charge >= 0.3 is 6.01 Å². The van der Waals surface area contributed by atoms with E-state index < -0.39 is 12.4 Å². The Bertz CT molecular complexity index is 1600. The minimum atomic E-state index is -1.05. The van der Waals surface area contributed by atoms with E-state index in [1.807, 2.05) is 0 Å². The number of likely N-dealkylation sites (tertiary alicyclic amines) is 1. The molecule has 11 heteroatoms. The molecule has 4 atom stereocenters. The fourth-order valence-electron chi connectivity index (χ4n) is 7.12. The molecule has 4 aliphatic heterocycles. The predicted octanol–water partition coefficient (Wildman–Crippen LogP) is 2.62. The van der Waals surface area contributed by atoms with Crippen LogP contribution in [0.15, 0.2) is 36.4 Å². The van der Waals surface area contributed by atoms with Crippen LogP contribution in [0, 0.1) is 18.3 Å². The third kappa shape index (κ3) is 5.42. The van der Waals surface area contributed by atoms with Gasteiger partial charge in [0.25, 0.3) is 5.91 Å². The van der Waals surface area contributed by atoms with Gasteiger partial charge in [-0.1, -0.05) is 30.3 Å². The maximum atomic E-state index is 13.0. The number of epoxide rings is 1. The summed E-state index contributed by atoms with van der Waals surface area (Å²) in [5.74, 6) is 0.573. The standard InChI is InChI=1S/C33H39N7O4/c1-21-6-3-7-22-8-4-10-27(28(21)22)38-15-12-25-26(19-38)35-33(43-20-24-9-5-14-37(24)2)36-30(25)39-16-17-40(23(18-39)11-13-34)31(41)29-32(42)44-29/h3-4,6-8,10,23-24,29,32,42H,5,9,11-12,14-20H2,1-2H3/t23-,24-,29-,32-/m0/s1. The van der Waals surface area contributed by atoms with Crippen LogP contribution in [-0.4, -0.2) is 102 Å². The first-order valence-electron chi connectivity index (χ1n) is 15.6. The molecule has 1 amide bonds. The number of ether oxygens (including phenoxy) is 2. The molecule has 0 saturated carbocycles. The number of aromatic nitrogens is 2. The molecule has 44 heavy (non-hydrogen) atoms. The molecule has 0 bridgehead atoms. The smallest absolute Gasteiger partial charge is 0.318 e. The molecule has 0 unspecified atom stereocenters. The van der Waals surface area contributed by atoms with Crippen LogP contribution in [0.4, 0.5) is 11.5 Å². The third-order valence-corrected chi connectivity index (χ3v) is 9.63. The first-order valence-corrected chi connectivity index (χ1v) is 15.6. The number of rotatable bonds is 7. The number of amides is 1. The lowest BCUT2D eigenvalue weighted by Gasteiger charge is -2.42. The van der Waals surface area contributed by atoms with E-state index in [4.69, 9.17) is 19.4 Å². The number of aliphatic hydroxyl groups is 1. The molecule has 0 spiro atoms. The summed E-state index contributed by atoms with van der Waals surface area (Å²) >= 11 is 0. The van der Waals surface area contributed by atoms with E-state index in [0.29, 0.717) is 44.8 Å². The van der Waals surface area contributed by atoms with Gasteiger partial charge < -0.3 is 34.2 Å². The summed E-state index contributed by atoms with van der Waals surface area (Å²) < 4.78 is 11.3. The van der Waals surface area contributed by atoms with Crippen molar-refractivity contribution in [2.45, 2.75) is 63.6 Å². The minimum absolute atomic E-state index is 0.184. The second kappa shape index (κ2) is 11.8. The molecule has 1 N–H and O–H groups in total. The maximum absolute atomic E-state index is 13.0. The van der Waals surface area contributed by atoms with Crippen LogP contribution in [0.5, 0.6) is 6.01 Å². The van der Waals surface area contributed by atoms with Crippen molar-refractivity contribution >= 4 is 28.2 Å². The van der Waals surface area contributed by atoms with E-state index >= 15 is 0 Å². The van der Waals surface area contributed by atoms with Crippen molar-refractivity contribution in [2.24, 2.45) is 0 Å². The van der Waals surface area contributed by atoms with Crippen LogP contribution in [0.25, 0.3) is 10.8 Å². The molecule has 3 fully saturated rings. The Morgan fingerprint density at radius 2 is 1.93 bits per heavy atom. The number of aliphatic hydroxyl groups excluding tert-OH is 1. The molecule has 2 aromatic carbocycles. The number of nitrogens with zero attached hydrogens (tertiary/aromatic N) is 7. The van der Waals surface area contributed by atoms with Gasteiger partial charge in [-0.3, -0.25) is 4.79 Å². The predicted molar refractivity (Wildman–Crippen MR) is 165 cm³/mol. The molecular weight excluding hydrogens is 558 g/mol. The zero-order chi connectivity index (χ0) is 30.4. The Morgan fingerprint density at radius 3 is 2.68 bits per heavy atom. The lowest BCUT2D eigenvalue weighted by Crippen LogP contribution is -2.57. The van der Waals surface area contributed by atoms with Gasteiger partial charge in [-0.15, -0.1) is 0 Å². The van der Waals surface area contributed by atoms with Gasteiger partial charge in [-0.05, 0) is 56.8 Å². The number of anilines is 2. The summed E-state index contributed by atoms with van der Waals surface area (Å²) in [4.78, 5) is 31.5. The quantitative estimate of drug-likeness (QED) is 0.407. The first kappa shape index (κ1) is 28.8. The van der Waals surface area contributed by atoms with Crippen molar-refractivity contribution < 1.29 is 19.4 Å². The van der Waals surface area contributed by atoms with Crippen LogP contribution < -0.4 is 14.5 Å². The highest BCUT2D eigenvalue weighted by molar-refractivity contribution is 5.97. The van der Waals surface area contributed by atoms with Crippen LogP contribution in [0.2, 0.25) is 0 Å². The summed E-state index contributed by atoms with van der Waals surface area (Å²) in [7, 11) is 2.13. The highest BCUT2D eigenvalue weighted by Crippen LogP contribution is 2.36. The number of hydrogen-bond acceptors (Lipinski definition) is 10. The van der Waals surface area contributed by atoms with E-state index in [1.165, 1.54) is 22.0 Å². The number of piperazine rings is 1. The molecule has 5 heterocycles. The second-order valence-corrected chi connectivity index (χ2v) is 12.4. The molecule has 3 saturated heterocycles. The number of benzene rings is 2. The largest absolute Gasteiger partial charge is 0.462 e. The molecule has 0 aliphatic carbocycles. The van der Waals surface area contributed by atoms with Gasteiger partial charge in [0, 0.05) is 48.9 Å². The van der Waals surface area contributed by atoms with Gasteiger partial charge in [0.15, 0.2) is 12.4 Å². The normalized spacial score (nSPS) is 25.2. The number of hydrogen-bond donors (Lipinski definition) is 1. The van der Waals surface area contributed by atoms with E-state index in [9.17, 15) is 15.2 Å². The van der Waals surface area contributed by atoms with Crippen molar-refractivity contribution in [3.8, 4) is 12.1 Å². The Balaban J connectivity index is 1.20. The van der Waals surface area contributed by atoms with Crippen molar-refractivity contribution in [3.63, 3.8) is 0 Å². The Morgan fingerprint density at radius 1 is 1.11 bits per heavy atom. The van der Waals surface area contributed by atoms with E-state index in [-0.39, 0.29) is 18.4 Å². The Labute approximate surface area is 257 Å². The van der Waals surface area contributed by atoms with E-state index in [1.54, 1.807) is 4.90 Å². The summed E-state index contributed by atoms with van der Waals surface area (Å²) in [6, 6.07) is 15.5. The van der Waals surface area contributed by atoms with Crippen LogP contribution in [0.1, 0.15) is 36.1 Å². The molecule has 7 rings (SSSR count). The summed E-state index contributed by atoms with van der Waals surface area (Å²) in [6.45, 7) is 6.64. The monoisotopic (exact) mass is 597 g/mol. The maximum Gasteiger partial charge on any atom is 0.318 e. The summed E-state index contributed by atoms with van der Waals surface area (Å²) in [5, 5.41) is 21.8. The Kier molecular flexibility index (Phi) is 7.74. The van der Waals surface area contributed by atoms with Crippen molar-refractivity contribution in [2.75, 3.05) is 56.2 Å². The van der Waals surface area contributed by atoms with Crippen molar-refractivity contribution in [3.05, 3.63) is 53.2 Å². The minimum Gasteiger partial charge on any atom is -0.462 e. The van der Waals surface area contributed by atoms with Crippen LogP contribution in [0.3, 0.4) is 0 Å². The lowest BCUT2D eigenvalue weighted by atomic mass is 9.99. The molecule has 0 radical (unpaired) electrons. The molecule has 11 nitrogen and oxygen atoms in total. The SMILES string of the molecule is Cc1cccc2cccc(N3CCc4c(nc(OC[C@@H]5CCCN5C)nc4N4CCN(C(=O)[C@@H]5O[C@@H]5O)[C@@H](CC#N)C4)C3)c12. The van der Waals surface area contributed by atoms with Gasteiger partial charge in [-0.2, -0.15) is 15.2 Å². The summed E-state index contributed by atoms with van der Waals surface area (Å²) in [6.07, 6.45) is 1.32. The van der Waals surface area contributed by atoms with Gasteiger partial charge in [0.05, 0.1) is 30.8 Å². The number of likely N-dealkylation sites (N-methyl/N-ethyl adjacent to an activating group) is 1. The number of carbonyl (C=O) groups excluding carboxylic acids is 1. The fourth-order valence-corrected chi connectivity index (χ4v) is 7.12. The second-order valence-electron chi connectivity index (χ2n) is 12.4. The first-order chi connectivity index (χ1) is 21.4. The summed E-state index contributed by atoms with van der Waals surface area (Å²) in [5.41, 5.74) is 4.50. The number of nitriles is 1. The molecule has 230 valence electrons.